The molecule has 0 amide bonds. The Morgan fingerprint density at radius 2 is 1.75 bits per heavy atom. The Hall–Kier alpha value is -2.33. The van der Waals surface area contributed by atoms with Crippen molar-refractivity contribution in [1.29, 1.82) is 0 Å². The molecule has 3 rings (SSSR count). The maximum Gasteiger partial charge on any atom is 0.192 e. The van der Waals surface area contributed by atoms with Crippen molar-refractivity contribution in [2.24, 2.45) is 0 Å². The molecule has 0 aliphatic carbocycles. The molecule has 146 valence electrons. The van der Waals surface area contributed by atoms with E-state index in [0.29, 0.717) is 6.54 Å². The molecular weight excluding hydrogens is 362 g/mol. The number of allylic oxidation sites excluding steroid dienone is 1. The van der Waals surface area contributed by atoms with Crippen LogP contribution in [0.4, 0.5) is 0 Å². The normalized spacial score (nSPS) is 11.6. The average molecular weight is 392 g/mol. The number of nitrogens with zero attached hydrogens (tertiary/aromatic N) is 3. The Morgan fingerprint density at radius 3 is 2.39 bits per heavy atom. The lowest BCUT2D eigenvalue weighted by Gasteiger charge is -2.19. The predicted molar refractivity (Wildman–Crippen MR) is 120 cm³/mol. The number of hydrogen-bond donors (Lipinski definition) is 0. The summed E-state index contributed by atoms with van der Waals surface area (Å²) in [4.78, 5) is 0. The first-order valence-corrected chi connectivity index (χ1v) is 10.6. The van der Waals surface area contributed by atoms with Crippen molar-refractivity contribution in [3.05, 3.63) is 77.4 Å². The first kappa shape index (κ1) is 20.4. The zero-order valence-corrected chi connectivity index (χ0v) is 18.3. The fourth-order valence-electron chi connectivity index (χ4n) is 3.12. The fourth-order valence-corrected chi connectivity index (χ4v) is 4.13. The number of aryl methyl sites for hydroxylation is 2. The van der Waals surface area contributed by atoms with E-state index in [1.165, 1.54) is 22.3 Å². The van der Waals surface area contributed by atoms with Gasteiger partial charge in [0.05, 0.1) is 0 Å². The molecule has 3 nitrogen and oxygen atoms in total. The van der Waals surface area contributed by atoms with Crippen LogP contribution in [0, 0.1) is 13.8 Å². The maximum atomic E-state index is 4.49. The van der Waals surface area contributed by atoms with Gasteiger partial charge in [-0.3, -0.25) is 4.57 Å². The molecule has 0 aliphatic rings. The molecule has 28 heavy (non-hydrogen) atoms. The van der Waals surface area contributed by atoms with E-state index in [1.54, 1.807) is 11.8 Å². The van der Waals surface area contributed by atoms with Crippen LogP contribution in [0.2, 0.25) is 0 Å². The number of thioether (sulfide) groups is 1. The molecule has 0 radical (unpaired) electrons. The van der Waals surface area contributed by atoms with Gasteiger partial charge in [0, 0.05) is 17.9 Å². The Balaban J connectivity index is 1.87. The molecule has 3 aromatic rings. The molecule has 0 fully saturated rings. The third-order valence-electron chi connectivity index (χ3n) is 4.90. The molecule has 4 heteroatoms. The summed E-state index contributed by atoms with van der Waals surface area (Å²) in [6.07, 6.45) is 1.90. The molecular formula is C24H29N3S. The monoisotopic (exact) mass is 391 g/mol. The van der Waals surface area contributed by atoms with Gasteiger partial charge < -0.3 is 0 Å². The summed E-state index contributed by atoms with van der Waals surface area (Å²) in [5.41, 5.74) is 6.48. The Bertz CT molecular complexity index is 963. The highest BCUT2D eigenvalue weighted by molar-refractivity contribution is 7.98. The van der Waals surface area contributed by atoms with Gasteiger partial charge in [0.2, 0.25) is 0 Å². The maximum absolute atomic E-state index is 4.49. The Morgan fingerprint density at radius 1 is 1.04 bits per heavy atom. The first-order chi connectivity index (χ1) is 13.3. The van der Waals surface area contributed by atoms with Crippen LogP contribution in [0.5, 0.6) is 0 Å². The summed E-state index contributed by atoms with van der Waals surface area (Å²) < 4.78 is 2.15. The van der Waals surface area contributed by atoms with Crippen molar-refractivity contribution in [1.82, 2.24) is 14.8 Å². The van der Waals surface area contributed by atoms with E-state index in [4.69, 9.17) is 0 Å². The number of benzene rings is 2. The summed E-state index contributed by atoms with van der Waals surface area (Å²) in [6.45, 7) is 15.6. The third-order valence-corrected chi connectivity index (χ3v) is 5.91. The van der Waals surface area contributed by atoms with Gasteiger partial charge in [-0.2, -0.15) is 0 Å². The minimum Gasteiger partial charge on any atom is -0.298 e. The second-order valence-electron chi connectivity index (χ2n) is 8.25. The van der Waals surface area contributed by atoms with Crippen molar-refractivity contribution in [2.75, 3.05) is 0 Å². The Labute approximate surface area is 172 Å². The van der Waals surface area contributed by atoms with E-state index in [9.17, 15) is 0 Å². The highest BCUT2D eigenvalue weighted by Crippen LogP contribution is 2.29. The van der Waals surface area contributed by atoms with Crippen LogP contribution in [0.3, 0.4) is 0 Å². The lowest BCUT2D eigenvalue weighted by molar-refractivity contribution is 0.590. The van der Waals surface area contributed by atoms with E-state index in [0.717, 1.165) is 22.3 Å². The second kappa shape index (κ2) is 8.36. The molecule has 0 atom stereocenters. The van der Waals surface area contributed by atoms with Crippen molar-refractivity contribution >= 4 is 11.8 Å². The quantitative estimate of drug-likeness (QED) is 0.363. The minimum absolute atomic E-state index is 0.139. The van der Waals surface area contributed by atoms with Gasteiger partial charge in [-0.05, 0) is 36.0 Å². The van der Waals surface area contributed by atoms with Crippen molar-refractivity contribution in [3.63, 3.8) is 0 Å². The van der Waals surface area contributed by atoms with Crippen LogP contribution in [-0.4, -0.2) is 14.8 Å². The number of rotatable bonds is 6. The second-order valence-corrected chi connectivity index (χ2v) is 9.19. The first-order valence-electron chi connectivity index (χ1n) is 9.63. The molecule has 0 unspecified atom stereocenters. The fraction of sp³-hybridized carbons (Fsp3) is 0.333. The van der Waals surface area contributed by atoms with Crippen LogP contribution >= 0.6 is 11.8 Å². The summed E-state index contributed by atoms with van der Waals surface area (Å²) >= 11 is 1.73. The van der Waals surface area contributed by atoms with E-state index < -0.39 is 0 Å². The van der Waals surface area contributed by atoms with E-state index in [-0.39, 0.29) is 5.41 Å². The van der Waals surface area contributed by atoms with Crippen LogP contribution in [-0.2, 0) is 17.7 Å². The van der Waals surface area contributed by atoms with Gasteiger partial charge in [0.1, 0.15) is 0 Å². The molecule has 0 saturated carbocycles. The van der Waals surface area contributed by atoms with Crippen LogP contribution in [0.25, 0.3) is 11.4 Å². The van der Waals surface area contributed by atoms with Gasteiger partial charge in [0.15, 0.2) is 11.0 Å². The lowest BCUT2D eigenvalue weighted by Crippen LogP contribution is -2.10. The lowest BCUT2D eigenvalue weighted by atomic mass is 9.87. The highest BCUT2D eigenvalue weighted by atomic mass is 32.2. The molecule has 0 N–H and O–H groups in total. The van der Waals surface area contributed by atoms with E-state index in [2.05, 4.69) is 98.4 Å². The van der Waals surface area contributed by atoms with Gasteiger partial charge in [0.25, 0.3) is 0 Å². The minimum atomic E-state index is 0.139. The van der Waals surface area contributed by atoms with Crippen molar-refractivity contribution in [2.45, 2.75) is 57.5 Å². The van der Waals surface area contributed by atoms with Gasteiger partial charge in [-0.25, -0.2) is 0 Å². The van der Waals surface area contributed by atoms with Gasteiger partial charge in [-0.1, -0.05) is 86.6 Å². The van der Waals surface area contributed by atoms with Crippen LogP contribution in [0.15, 0.2) is 60.3 Å². The average Bonchev–Trinajstić information content (AvgIpc) is 3.05. The molecule has 0 saturated heterocycles. The van der Waals surface area contributed by atoms with E-state index >= 15 is 0 Å². The van der Waals surface area contributed by atoms with Crippen LogP contribution < -0.4 is 0 Å². The largest absolute Gasteiger partial charge is 0.298 e. The van der Waals surface area contributed by atoms with Gasteiger partial charge in [-0.15, -0.1) is 16.8 Å². The third kappa shape index (κ3) is 4.56. The number of aromatic nitrogens is 3. The molecule has 2 aromatic carbocycles. The predicted octanol–water partition coefficient (Wildman–Crippen LogP) is 6.34. The summed E-state index contributed by atoms with van der Waals surface area (Å²) in [5.74, 6) is 1.77. The topological polar surface area (TPSA) is 30.7 Å². The molecule has 1 aromatic heterocycles. The zero-order chi connectivity index (χ0) is 20.3. The summed E-state index contributed by atoms with van der Waals surface area (Å²) in [7, 11) is 0. The SMILES string of the molecule is C=CCn1c(SCc2cc(C)ccc2C)nnc1-c1ccc(C(C)(C)C)cc1. The zero-order valence-electron chi connectivity index (χ0n) is 17.5. The molecule has 0 aliphatic heterocycles. The molecule has 0 spiro atoms. The molecule has 1 heterocycles. The summed E-state index contributed by atoms with van der Waals surface area (Å²) in [5, 5.41) is 9.90. The summed E-state index contributed by atoms with van der Waals surface area (Å²) in [6, 6.07) is 15.2. The molecule has 0 bridgehead atoms. The standard InChI is InChI=1S/C24H29N3S/c1-7-14-27-22(19-10-12-21(13-11-19)24(4,5)6)25-26-23(27)28-16-20-15-17(2)8-9-18(20)3/h7-13,15H,1,14,16H2,2-6H3. The van der Waals surface area contributed by atoms with Crippen LogP contribution in [0.1, 0.15) is 43.0 Å². The van der Waals surface area contributed by atoms with Crippen molar-refractivity contribution < 1.29 is 0 Å². The van der Waals surface area contributed by atoms with Crippen molar-refractivity contribution in [3.8, 4) is 11.4 Å². The van der Waals surface area contributed by atoms with Gasteiger partial charge >= 0.3 is 0 Å². The Kier molecular flexibility index (Phi) is 6.09. The smallest absolute Gasteiger partial charge is 0.192 e. The number of hydrogen-bond acceptors (Lipinski definition) is 3. The highest BCUT2D eigenvalue weighted by Gasteiger charge is 2.17. The van der Waals surface area contributed by atoms with E-state index in [1.807, 2.05) is 6.08 Å².